The lowest BCUT2D eigenvalue weighted by Crippen LogP contribution is -2.41. The molecule has 15 heavy (non-hydrogen) atoms. The Morgan fingerprint density at radius 1 is 1.13 bits per heavy atom. The van der Waals surface area contributed by atoms with E-state index in [1.54, 1.807) is 0 Å². The van der Waals surface area contributed by atoms with E-state index in [-0.39, 0.29) is 0 Å². The van der Waals surface area contributed by atoms with Gasteiger partial charge in [0.1, 0.15) is 5.60 Å². The van der Waals surface area contributed by atoms with Crippen LogP contribution in [-0.4, -0.2) is 18.0 Å². The van der Waals surface area contributed by atoms with E-state index in [0.29, 0.717) is 18.8 Å². The molecule has 0 atom stereocenters. The molecular weight excluding hydrogens is 188 g/mol. The van der Waals surface area contributed by atoms with Gasteiger partial charge >= 0.3 is 0 Å². The number of Topliss-reactive ketones (excluding diaryl/α,β-unsaturated/α-hetero) is 1. The third-order valence-corrected chi connectivity index (χ3v) is 3.32. The summed E-state index contributed by atoms with van der Waals surface area (Å²) in [5.74, 6) is 0.341. The monoisotopic (exact) mass is 212 g/mol. The highest BCUT2D eigenvalue weighted by atomic mass is 16.5. The van der Waals surface area contributed by atoms with E-state index >= 15 is 0 Å². The van der Waals surface area contributed by atoms with E-state index in [1.807, 2.05) is 6.92 Å². The normalized spacial score (nSPS) is 20.9. The molecule has 0 aromatic carbocycles. The molecule has 0 amide bonds. The number of ketones is 1. The van der Waals surface area contributed by atoms with Gasteiger partial charge in [0.2, 0.25) is 0 Å². The average Bonchev–Trinajstić information content (AvgIpc) is 2.45. The molecule has 0 aromatic heterocycles. The van der Waals surface area contributed by atoms with Crippen LogP contribution in [0.15, 0.2) is 0 Å². The van der Waals surface area contributed by atoms with Gasteiger partial charge in [0.25, 0.3) is 0 Å². The number of hydrogen-bond donors (Lipinski definition) is 0. The Morgan fingerprint density at radius 2 is 1.73 bits per heavy atom. The van der Waals surface area contributed by atoms with Gasteiger partial charge in [0.05, 0.1) is 0 Å². The highest BCUT2D eigenvalue weighted by Gasteiger charge is 2.37. The molecule has 2 heteroatoms. The molecule has 0 radical (unpaired) electrons. The van der Waals surface area contributed by atoms with Gasteiger partial charge in [-0.3, -0.25) is 4.79 Å². The van der Waals surface area contributed by atoms with Crippen LogP contribution >= 0.6 is 0 Å². The number of ether oxygens (including phenoxy) is 1. The van der Waals surface area contributed by atoms with Crippen molar-refractivity contribution in [3.05, 3.63) is 0 Å². The Kier molecular flexibility index (Phi) is 5.30. The molecule has 1 aliphatic carbocycles. The van der Waals surface area contributed by atoms with Gasteiger partial charge in [-0.25, -0.2) is 0 Å². The summed E-state index contributed by atoms with van der Waals surface area (Å²) in [5, 5.41) is 0. The molecule has 0 aliphatic heterocycles. The van der Waals surface area contributed by atoms with Crippen LogP contribution in [0.2, 0.25) is 0 Å². The van der Waals surface area contributed by atoms with Crippen molar-refractivity contribution in [2.75, 3.05) is 6.61 Å². The van der Waals surface area contributed by atoms with Crippen molar-refractivity contribution in [1.82, 2.24) is 0 Å². The first-order valence-electron chi connectivity index (χ1n) is 6.42. The molecule has 88 valence electrons. The molecule has 1 fully saturated rings. The molecule has 1 aliphatic rings. The summed E-state index contributed by atoms with van der Waals surface area (Å²) in [4.78, 5) is 12.1. The van der Waals surface area contributed by atoms with Crippen LogP contribution in [0.5, 0.6) is 0 Å². The SMILES string of the molecule is CCCC(=O)C1(OCC)CCCCCC1. The zero-order chi connectivity index (χ0) is 11.1. The Hall–Kier alpha value is -0.370. The maximum Gasteiger partial charge on any atom is 0.164 e. The van der Waals surface area contributed by atoms with Crippen LogP contribution in [0.1, 0.15) is 65.2 Å². The van der Waals surface area contributed by atoms with Gasteiger partial charge in [0, 0.05) is 13.0 Å². The van der Waals surface area contributed by atoms with Crippen molar-refractivity contribution in [3.8, 4) is 0 Å². The van der Waals surface area contributed by atoms with Crippen LogP contribution in [-0.2, 0) is 9.53 Å². The second-order valence-corrected chi connectivity index (χ2v) is 4.51. The summed E-state index contributed by atoms with van der Waals surface area (Å²) < 4.78 is 5.82. The predicted octanol–water partition coefficient (Wildman–Crippen LogP) is 3.49. The molecule has 0 N–H and O–H groups in total. The van der Waals surface area contributed by atoms with Gasteiger partial charge in [-0.05, 0) is 26.2 Å². The maximum atomic E-state index is 12.1. The molecule has 0 bridgehead atoms. The van der Waals surface area contributed by atoms with E-state index in [0.717, 1.165) is 32.1 Å². The third kappa shape index (κ3) is 3.30. The molecule has 0 aromatic rings. The number of rotatable bonds is 5. The van der Waals surface area contributed by atoms with Crippen molar-refractivity contribution in [2.24, 2.45) is 0 Å². The summed E-state index contributed by atoms with van der Waals surface area (Å²) in [7, 11) is 0. The molecule has 2 nitrogen and oxygen atoms in total. The molecule has 0 saturated heterocycles. The number of carbonyl (C=O) groups excluding carboxylic acids is 1. The molecule has 0 unspecified atom stereocenters. The summed E-state index contributed by atoms with van der Waals surface area (Å²) in [5.41, 5.74) is -0.415. The Balaban J connectivity index is 2.69. The second-order valence-electron chi connectivity index (χ2n) is 4.51. The third-order valence-electron chi connectivity index (χ3n) is 3.32. The second kappa shape index (κ2) is 6.26. The smallest absolute Gasteiger partial charge is 0.164 e. The summed E-state index contributed by atoms with van der Waals surface area (Å²) in [6, 6.07) is 0. The van der Waals surface area contributed by atoms with E-state index in [2.05, 4.69) is 6.92 Å². The van der Waals surface area contributed by atoms with Gasteiger partial charge in [0.15, 0.2) is 5.78 Å². The first-order valence-corrected chi connectivity index (χ1v) is 6.42. The van der Waals surface area contributed by atoms with Gasteiger partial charge in [-0.15, -0.1) is 0 Å². The highest BCUT2D eigenvalue weighted by molar-refractivity contribution is 5.87. The minimum atomic E-state index is -0.415. The van der Waals surface area contributed by atoms with Crippen molar-refractivity contribution >= 4 is 5.78 Å². The van der Waals surface area contributed by atoms with Crippen molar-refractivity contribution < 1.29 is 9.53 Å². The Bertz CT molecular complexity index is 191. The first-order chi connectivity index (χ1) is 7.25. The molecule has 1 saturated carbocycles. The summed E-state index contributed by atoms with van der Waals surface area (Å²) in [6.07, 6.45) is 8.32. The average molecular weight is 212 g/mol. The van der Waals surface area contributed by atoms with Crippen LogP contribution in [0.4, 0.5) is 0 Å². The molecular formula is C13H24O2. The fourth-order valence-corrected chi connectivity index (χ4v) is 2.53. The zero-order valence-electron chi connectivity index (χ0n) is 10.2. The van der Waals surface area contributed by atoms with Crippen molar-refractivity contribution in [1.29, 1.82) is 0 Å². The van der Waals surface area contributed by atoms with Crippen molar-refractivity contribution in [2.45, 2.75) is 70.8 Å². The quantitative estimate of drug-likeness (QED) is 0.652. The lowest BCUT2D eigenvalue weighted by Gasteiger charge is -2.31. The van der Waals surface area contributed by atoms with Crippen LogP contribution in [0, 0.1) is 0 Å². The fourth-order valence-electron chi connectivity index (χ4n) is 2.53. The van der Waals surface area contributed by atoms with E-state index in [1.165, 1.54) is 12.8 Å². The van der Waals surface area contributed by atoms with E-state index < -0.39 is 5.60 Å². The first kappa shape index (κ1) is 12.7. The van der Waals surface area contributed by atoms with Crippen LogP contribution in [0.3, 0.4) is 0 Å². The summed E-state index contributed by atoms with van der Waals surface area (Å²) in [6.45, 7) is 4.72. The van der Waals surface area contributed by atoms with Gasteiger partial charge < -0.3 is 4.74 Å². The lowest BCUT2D eigenvalue weighted by atomic mass is 9.87. The Labute approximate surface area is 93.4 Å². The van der Waals surface area contributed by atoms with Crippen LogP contribution < -0.4 is 0 Å². The van der Waals surface area contributed by atoms with Crippen molar-refractivity contribution in [3.63, 3.8) is 0 Å². The highest BCUT2D eigenvalue weighted by Crippen LogP contribution is 2.32. The molecule has 0 spiro atoms. The fraction of sp³-hybridized carbons (Fsp3) is 0.923. The predicted molar refractivity (Wildman–Crippen MR) is 62.0 cm³/mol. The maximum absolute atomic E-state index is 12.1. The lowest BCUT2D eigenvalue weighted by molar-refractivity contribution is -0.146. The Morgan fingerprint density at radius 3 is 2.20 bits per heavy atom. The summed E-state index contributed by atoms with van der Waals surface area (Å²) >= 11 is 0. The standard InChI is InChI=1S/C13H24O2/c1-3-9-12(14)13(15-4-2)10-7-5-6-8-11-13/h3-11H2,1-2H3. The topological polar surface area (TPSA) is 26.3 Å². The van der Waals surface area contributed by atoms with Crippen LogP contribution in [0.25, 0.3) is 0 Å². The molecule has 1 rings (SSSR count). The minimum absolute atomic E-state index is 0.341. The van der Waals surface area contributed by atoms with Gasteiger partial charge in [-0.1, -0.05) is 32.6 Å². The zero-order valence-corrected chi connectivity index (χ0v) is 10.2. The minimum Gasteiger partial charge on any atom is -0.368 e. The number of carbonyl (C=O) groups is 1. The van der Waals surface area contributed by atoms with Gasteiger partial charge in [-0.2, -0.15) is 0 Å². The van der Waals surface area contributed by atoms with E-state index in [9.17, 15) is 4.79 Å². The number of hydrogen-bond acceptors (Lipinski definition) is 2. The largest absolute Gasteiger partial charge is 0.368 e. The van der Waals surface area contributed by atoms with E-state index in [4.69, 9.17) is 4.74 Å². The molecule has 0 heterocycles.